The van der Waals surface area contributed by atoms with Gasteiger partial charge in [-0.2, -0.15) is 0 Å². The summed E-state index contributed by atoms with van der Waals surface area (Å²) in [4.78, 5) is 4.09. The number of benzene rings is 1. The summed E-state index contributed by atoms with van der Waals surface area (Å²) in [7, 11) is 1.64. The molecule has 2 aromatic rings. The quantitative estimate of drug-likeness (QED) is 0.825. The molecule has 0 N–H and O–H groups in total. The lowest BCUT2D eigenvalue weighted by atomic mass is 10.2. The number of hydrogen-bond donors (Lipinski definition) is 0. The first-order valence-electron chi connectivity index (χ1n) is 4.05. The molecule has 1 aromatic carbocycles. The highest BCUT2D eigenvalue weighted by Gasteiger charge is 2.04. The molecule has 0 saturated carbocycles. The van der Waals surface area contributed by atoms with Gasteiger partial charge in [0, 0.05) is 5.56 Å². The van der Waals surface area contributed by atoms with Crippen LogP contribution in [0.15, 0.2) is 39.5 Å². The lowest BCUT2D eigenvalue weighted by Crippen LogP contribution is -1.82. The van der Waals surface area contributed by atoms with E-state index in [9.17, 15) is 0 Å². The molecule has 0 atom stereocenters. The predicted octanol–water partition coefficient (Wildman–Crippen LogP) is 3.11. The molecule has 3 nitrogen and oxygen atoms in total. The van der Waals surface area contributed by atoms with E-state index in [1.165, 1.54) is 0 Å². The Balaban J connectivity index is 2.33. The van der Waals surface area contributed by atoms with Crippen LogP contribution in [0.3, 0.4) is 0 Å². The van der Waals surface area contributed by atoms with Crippen LogP contribution in [0.1, 0.15) is 0 Å². The van der Waals surface area contributed by atoms with Gasteiger partial charge >= 0.3 is 0 Å². The van der Waals surface area contributed by atoms with Gasteiger partial charge in [0.1, 0.15) is 5.75 Å². The minimum Gasteiger partial charge on any atom is -0.497 e. The third-order valence-corrected chi connectivity index (χ3v) is 2.18. The van der Waals surface area contributed by atoms with Gasteiger partial charge in [-0.15, -0.1) is 0 Å². The largest absolute Gasteiger partial charge is 0.497 e. The fraction of sp³-hybridized carbons (Fsp3) is 0.100. The van der Waals surface area contributed by atoms with E-state index in [-0.39, 0.29) is 0 Å². The number of hydrogen-bond acceptors (Lipinski definition) is 3. The second-order valence-electron chi connectivity index (χ2n) is 2.70. The molecule has 0 bridgehead atoms. The summed E-state index contributed by atoms with van der Waals surface area (Å²) in [5.74, 6) is 1.42. The Bertz CT molecular complexity index is 422. The maximum Gasteiger partial charge on any atom is 0.227 e. The predicted molar refractivity (Wildman–Crippen MR) is 56.2 cm³/mol. The zero-order valence-corrected chi connectivity index (χ0v) is 9.11. The van der Waals surface area contributed by atoms with E-state index >= 15 is 0 Å². The van der Waals surface area contributed by atoms with Crippen LogP contribution in [0.2, 0.25) is 0 Å². The van der Waals surface area contributed by atoms with Crippen LogP contribution in [0.25, 0.3) is 11.5 Å². The van der Waals surface area contributed by atoms with Gasteiger partial charge in [-0.25, -0.2) is 4.98 Å². The lowest BCUT2D eigenvalue weighted by Gasteiger charge is -1.99. The Hall–Kier alpha value is -1.29. The van der Waals surface area contributed by atoms with Crippen LogP contribution in [-0.4, -0.2) is 12.1 Å². The number of ether oxygens (including phenoxy) is 1. The molecule has 0 radical (unpaired) electrons. The van der Waals surface area contributed by atoms with Crippen molar-refractivity contribution in [2.24, 2.45) is 0 Å². The van der Waals surface area contributed by atoms with Crippen molar-refractivity contribution in [2.45, 2.75) is 0 Å². The SMILES string of the molecule is COc1ccc(-c2ncc(Br)o2)cc1. The van der Waals surface area contributed by atoms with Gasteiger partial charge in [-0.1, -0.05) is 0 Å². The fourth-order valence-electron chi connectivity index (χ4n) is 1.12. The summed E-state index contributed by atoms with van der Waals surface area (Å²) in [6.07, 6.45) is 1.62. The third kappa shape index (κ3) is 1.80. The first-order chi connectivity index (χ1) is 6.79. The smallest absolute Gasteiger partial charge is 0.227 e. The molecule has 1 aromatic heterocycles. The van der Waals surface area contributed by atoms with Gasteiger partial charge in [0.05, 0.1) is 13.3 Å². The Morgan fingerprint density at radius 2 is 2.00 bits per heavy atom. The highest BCUT2D eigenvalue weighted by Crippen LogP contribution is 2.23. The molecule has 1 heterocycles. The minimum absolute atomic E-state index is 0.597. The van der Waals surface area contributed by atoms with Crippen molar-refractivity contribution in [2.75, 3.05) is 7.11 Å². The number of halogens is 1. The van der Waals surface area contributed by atoms with E-state index in [1.807, 2.05) is 24.3 Å². The Labute approximate surface area is 89.8 Å². The number of nitrogens with zero attached hydrogens (tertiary/aromatic N) is 1. The Morgan fingerprint density at radius 1 is 1.29 bits per heavy atom. The number of aromatic nitrogens is 1. The van der Waals surface area contributed by atoms with Crippen LogP contribution >= 0.6 is 15.9 Å². The molecule has 0 unspecified atom stereocenters. The molecule has 0 saturated heterocycles. The third-order valence-electron chi connectivity index (χ3n) is 1.81. The van der Waals surface area contributed by atoms with E-state index in [2.05, 4.69) is 20.9 Å². The van der Waals surface area contributed by atoms with Crippen LogP contribution in [0.5, 0.6) is 5.75 Å². The van der Waals surface area contributed by atoms with Crippen molar-refractivity contribution in [1.82, 2.24) is 4.98 Å². The summed E-state index contributed by atoms with van der Waals surface area (Å²) in [6, 6.07) is 7.54. The average molecular weight is 254 g/mol. The summed E-state index contributed by atoms with van der Waals surface area (Å²) in [6.45, 7) is 0. The zero-order chi connectivity index (χ0) is 9.97. The van der Waals surface area contributed by atoms with Crippen molar-refractivity contribution < 1.29 is 9.15 Å². The normalized spacial score (nSPS) is 10.1. The molecular weight excluding hydrogens is 246 g/mol. The summed E-state index contributed by atoms with van der Waals surface area (Å²) < 4.78 is 11.0. The van der Waals surface area contributed by atoms with E-state index in [0.717, 1.165) is 11.3 Å². The molecule has 2 rings (SSSR count). The summed E-state index contributed by atoms with van der Waals surface area (Å²) in [5.41, 5.74) is 0.927. The molecule has 0 aliphatic heterocycles. The number of oxazole rings is 1. The second-order valence-corrected chi connectivity index (χ2v) is 3.48. The van der Waals surface area contributed by atoms with E-state index in [1.54, 1.807) is 13.3 Å². The maximum atomic E-state index is 5.31. The van der Waals surface area contributed by atoms with Crippen molar-refractivity contribution >= 4 is 15.9 Å². The minimum atomic E-state index is 0.597. The second kappa shape index (κ2) is 3.84. The standard InChI is InChI=1S/C10H8BrNO2/c1-13-8-4-2-7(3-5-8)10-12-6-9(11)14-10/h2-6H,1H3. The zero-order valence-electron chi connectivity index (χ0n) is 7.53. The van der Waals surface area contributed by atoms with Crippen molar-refractivity contribution in [3.8, 4) is 17.2 Å². The topological polar surface area (TPSA) is 35.3 Å². The monoisotopic (exact) mass is 253 g/mol. The van der Waals surface area contributed by atoms with Crippen LogP contribution in [-0.2, 0) is 0 Å². The van der Waals surface area contributed by atoms with Crippen LogP contribution < -0.4 is 4.74 Å². The fourth-order valence-corrected chi connectivity index (χ4v) is 1.38. The molecule has 0 aliphatic carbocycles. The molecule has 0 aliphatic rings. The highest BCUT2D eigenvalue weighted by atomic mass is 79.9. The first kappa shape index (κ1) is 9.27. The van der Waals surface area contributed by atoms with E-state index in [4.69, 9.17) is 9.15 Å². The van der Waals surface area contributed by atoms with Gasteiger partial charge in [-0.05, 0) is 40.2 Å². The van der Waals surface area contributed by atoms with Crippen molar-refractivity contribution in [3.05, 3.63) is 35.1 Å². The van der Waals surface area contributed by atoms with Gasteiger partial charge in [0.25, 0.3) is 0 Å². The maximum absolute atomic E-state index is 5.31. The molecule has 0 spiro atoms. The molecule has 72 valence electrons. The highest BCUT2D eigenvalue weighted by molar-refractivity contribution is 9.10. The Kier molecular flexibility index (Phi) is 2.54. The molecule has 14 heavy (non-hydrogen) atoms. The Morgan fingerprint density at radius 3 is 2.50 bits per heavy atom. The summed E-state index contributed by atoms with van der Waals surface area (Å²) in [5, 5.41) is 0. The van der Waals surface area contributed by atoms with Gasteiger partial charge in [-0.3, -0.25) is 0 Å². The average Bonchev–Trinajstić information content (AvgIpc) is 2.65. The first-order valence-corrected chi connectivity index (χ1v) is 4.84. The number of methoxy groups -OCH3 is 1. The summed E-state index contributed by atoms with van der Waals surface area (Å²) >= 11 is 3.20. The molecule has 4 heteroatoms. The van der Waals surface area contributed by atoms with Gasteiger partial charge < -0.3 is 9.15 Å². The van der Waals surface area contributed by atoms with Crippen LogP contribution in [0.4, 0.5) is 0 Å². The lowest BCUT2D eigenvalue weighted by molar-refractivity contribution is 0.415. The van der Waals surface area contributed by atoms with Crippen molar-refractivity contribution in [3.63, 3.8) is 0 Å². The molecule has 0 fully saturated rings. The van der Waals surface area contributed by atoms with Crippen LogP contribution in [0, 0.1) is 0 Å². The van der Waals surface area contributed by atoms with Gasteiger partial charge in [0.15, 0.2) is 4.67 Å². The number of rotatable bonds is 2. The van der Waals surface area contributed by atoms with Crippen molar-refractivity contribution in [1.29, 1.82) is 0 Å². The van der Waals surface area contributed by atoms with E-state index < -0.39 is 0 Å². The van der Waals surface area contributed by atoms with E-state index in [0.29, 0.717) is 10.6 Å². The molecular formula is C10H8BrNO2. The van der Waals surface area contributed by atoms with Gasteiger partial charge in [0.2, 0.25) is 5.89 Å². The molecule has 0 amide bonds.